The van der Waals surface area contributed by atoms with Crippen LogP contribution in [0.3, 0.4) is 0 Å². The van der Waals surface area contributed by atoms with E-state index in [9.17, 15) is 4.39 Å². The number of aryl methyl sites for hydroxylation is 1. The van der Waals surface area contributed by atoms with E-state index in [-0.39, 0.29) is 5.82 Å². The molecule has 1 aromatic heterocycles. The average Bonchev–Trinajstić information content (AvgIpc) is 2.83. The van der Waals surface area contributed by atoms with E-state index in [1.807, 2.05) is 0 Å². The minimum absolute atomic E-state index is 0.278. The third kappa shape index (κ3) is 4.25. The molecule has 0 saturated carbocycles. The van der Waals surface area contributed by atoms with Gasteiger partial charge in [0.05, 0.1) is 5.69 Å². The van der Waals surface area contributed by atoms with Crippen molar-refractivity contribution >= 4 is 22.9 Å². The van der Waals surface area contributed by atoms with Crippen LogP contribution < -0.4 is 5.32 Å². The van der Waals surface area contributed by atoms with E-state index >= 15 is 0 Å². The second kappa shape index (κ2) is 7.34. The molecule has 0 bridgehead atoms. The van der Waals surface area contributed by atoms with Crippen molar-refractivity contribution < 1.29 is 4.39 Å². The van der Waals surface area contributed by atoms with Crippen molar-refractivity contribution in [3.8, 4) is 10.6 Å². The van der Waals surface area contributed by atoms with Gasteiger partial charge in [-0.1, -0.05) is 38.8 Å². The Bertz CT molecular complexity index is 610. The van der Waals surface area contributed by atoms with E-state index in [1.54, 1.807) is 23.5 Å². The topological polar surface area (TPSA) is 24.9 Å². The summed E-state index contributed by atoms with van der Waals surface area (Å²) in [7, 11) is 0. The van der Waals surface area contributed by atoms with Crippen molar-refractivity contribution in [3.63, 3.8) is 0 Å². The third-order valence-corrected chi connectivity index (χ3v) is 4.46. The van der Waals surface area contributed by atoms with Crippen LogP contribution in [-0.4, -0.2) is 11.0 Å². The highest BCUT2D eigenvalue weighted by atomic mass is 35.5. The predicted octanol–water partition coefficient (Wildman–Crippen LogP) is 5.05. The lowest BCUT2D eigenvalue weighted by Crippen LogP contribution is -2.21. The molecule has 0 aliphatic rings. The Morgan fingerprint density at radius 2 is 2.14 bits per heavy atom. The van der Waals surface area contributed by atoms with E-state index in [2.05, 4.69) is 31.1 Å². The molecule has 0 amide bonds. The fourth-order valence-electron chi connectivity index (χ4n) is 2.03. The molecule has 0 unspecified atom stereocenters. The summed E-state index contributed by atoms with van der Waals surface area (Å²) in [5.74, 6) is -0.278. The zero-order chi connectivity index (χ0) is 15.4. The largest absolute Gasteiger partial charge is 0.310 e. The number of halogens is 2. The zero-order valence-corrected chi connectivity index (χ0v) is 14.1. The maximum absolute atomic E-state index is 14.0. The Labute approximate surface area is 134 Å². The summed E-state index contributed by atoms with van der Waals surface area (Å²) in [6, 6.07) is 5.01. The Kier molecular flexibility index (Phi) is 5.73. The van der Waals surface area contributed by atoms with Gasteiger partial charge in [0.15, 0.2) is 0 Å². The summed E-state index contributed by atoms with van der Waals surface area (Å²) >= 11 is 7.52. The summed E-state index contributed by atoms with van der Waals surface area (Å²) < 4.78 is 14.0. The second-order valence-corrected chi connectivity index (χ2v) is 6.82. The summed E-state index contributed by atoms with van der Waals surface area (Å²) in [6.45, 7) is 7.11. The molecule has 2 aromatic rings. The fraction of sp³-hybridized carbons (Fsp3) is 0.438. The molecule has 2 rings (SSSR count). The summed E-state index contributed by atoms with van der Waals surface area (Å²) in [5.41, 5.74) is 1.55. The first-order valence-electron chi connectivity index (χ1n) is 7.18. The first-order chi connectivity index (χ1) is 10.0. The number of hydrogen-bond acceptors (Lipinski definition) is 3. The number of aromatic nitrogens is 1. The maximum Gasteiger partial charge on any atom is 0.133 e. The molecule has 1 aromatic carbocycles. The molecular weight excluding hydrogens is 307 g/mol. The van der Waals surface area contributed by atoms with Crippen molar-refractivity contribution in [1.82, 2.24) is 10.3 Å². The standard InChI is InChI=1S/C16H20ClFN2S/c1-4-5-14-15(9-19-10(2)3)21-16(20-14)12-8-11(17)6-7-13(12)18/h6-8,10,19H,4-5,9H2,1-3H3. The molecule has 0 aliphatic carbocycles. The van der Waals surface area contributed by atoms with Gasteiger partial charge in [-0.3, -0.25) is 0 Å². The number of nitrogens with one attached hydrogen (secondary N) is 1. The van der Waals surface area contributed by atoms with Crippen molar-refractivity contribution in [2.75, 3.05) is 0 Å². The van der Waals surface area contributed by atoms with Crippen LogP contribution in [0, 0.1) is 5.82 Å². The van der Waals surface area contributed by atoms with Gasteiger partial charge in [-0.2, -0.15) is 0 Å². The van der Waals surface area contributed by atoms with Gasteiger partial charge in [-0.15, -0.1) is 11.3 Å². The van der Waals surface area contributed by atoms with Gasteiger partial charge in [0.2, 0.25) is 0 Å². The van der Waals surface area contributed by atoms with Crippen LogP contribution in [0.4, 0.5) is 4.39 Å². The average molecular weight is 327 g/mol. The van der Waals surface area contributed by atoms with Crippen molar-refractivity contribution in [2.24, 2.45) is 0 Å². The summed E-state index contributed by atoms with van der Waals surface area (Å²) in [5, 5.41) is 4.64. The lowest BCUT2D eigenvalue weighted by atomic mass is 10.2. The molecule has 0 aliphatic heterocycles. The van der Waals surface area contributed by atoms with Gasteiger partial charge in [-0.25, -0.2) is 9.37 Å². The number of thiazole rings is 1. The molecular formula is C16H20ClFN2S. The van der Waals surface area contributed by atoms with Gasteiger partial charge >= 0.3 is 0 Å². The van der Waals surface area contributed by atoms with Gasteiger partial charge in [0.25, 0.3) is 0 Å². The second-order valence-electron chi connectivity index (χ2n) is 5.30. The van der Waals surface area contributed by atoms with Crippen molar-refractivity contribution in [3.05, 3.63) is 39.6 Å². The van der Waals surface area contributed by atoms with E-state index in [0.29, 0.717) is 21.6 Å². The highest BCUT2D eigenvalue weighted by Gasteiger charge is 2.15. The Morgan fingerprint density at radius 1 is 1.38 bits per heavy atom. The fourth-order valence-corrected chi connectivity index (χ4v) is 3.28. The molecule has 1 N–H and O–H groups in total. The zero-order valence-electron chi connectivity index (χ0n) is 12.5. The Morgan fingerprint density at radius 3 is 2.81 bits per heavy atom. The maximum atomic E-state index is 14.0. The first-order valence-corrected chi connectivity index (χ1v) is 8.38. The number of hydrogen-bond donors (Lipinski definition) is 1. The van der Waals surface area contributed by atoms with Gasteiger partial charge in [-0.05, 0) is 24.6 Å². The van der Waals surface area contributed by atoms with Gasteiger partial charge in [0, 0.05) is 28.0 Å². The predicted molar refractivity (Wildman–Crippen MR) is 88.5 cm³/mol. The molecule has 114 valence electrons. The van der Waals surface area contributed by atoms with Crippen LogP contribution >= 0.6 is 22.9 Å². The monoisotopic (exact) mass is 326 g/mol. The molecule has 0 fully saturated rings. The van der Waals surface area contributed by atoms with Crippen LogP contribution in [0.25, 0.3) is 10.6 Å². The van der Waals surface area contributed by atoms with Crippen LogP contribution in [0.2, 0.25) is 5.02 Å². The molecule has 0 saturated heterocycles. The SMILES string of the molecule is CCCc1nc(-c2cc(Cl)ccc2F)sc1CNC(C)C. The number of benzene rings is 1. The minimum Gasteiger partial charge on any atom is -0.310 e. The van der Waals surface area contributed by atoms with Crippen LogP contribution in [-0.2, 0) is 13.0 Å². The van der Waals surface area contributed by atoms with Crippen LogP contribution in [0.5, 0.6) is 0 Å². The smallest absolute Gasteiger partial charge is 0.133 e. The molecule has 0 spiro atoms. The number of nitrogens with zero attached hydrogens (tertiary/aromatic N) is 1. The van der Waals surface area contributed by atoms with E-state index in [0.717, 1.165) is 25.1 Å². The molecule has 2 nitrogen and oxygen atoms in total. The highest BCUT2D eigenvalue weighted by Crippen LogP contribution is 2.32. The molecule has 0 radical (unpaired) electrons. The Hall–Kier alpha value is -0.970. The van der Waals surface area contributed by atoms with E-state index in [4.69, 9.17) is 11.6 Å². The summed E-state index contributed by atoms with van der Waals surface area (Å²) in [4.78, 5) is 5.81. The lowest BCUT2D eigenvalue weighted by Gasteiger charge is -2.07. The minimum atomic E-state index is -0.278. The van der Waals surface area contributed by atoms with Gasteiger partial charge < -0.3 is 5.32 Å². The molecule has 1 heterocycles. The quantitative estimate of drug-likeness (QED) is 0.803. The third-order valence-electron chi connectivity index (χ3n) is 3.09. The van der Waals surface area contributed by atoms with Crippen molar-refractivity contribution in [2.45, 2.75) is 46.2 Å². The Balaban J connectivity index is 2.35. The first kappa shape index (κ1) is 16.4. The highest BCUT2D eigenvalue weighted by molar-refractivity contribution is 7.15. The van der Waals surface area contributed by atoms with Crippen LogP contribution in [0.15, 0.2) is 18.2 Å². The normalized spacial score (nSPS) is 11.3. The molecule has 21 heavy (non-hydrogen) atoms. The van der Waals surface area contributed by atoms with E-state index < -0.39 is 0 Å². The number of rotatable bonds is 6. The molecule has 5 heteroatoms. The van der Waals surface area contributed by atoms with Crippen molar-refractivity contribution in [1.29, 1.82) is 0 Å². The summed E-state index contributed by atoms with van der Waals surface area (Å²) in [6.07, 6.45) is 1.93. The van der Waals surface area contributed by atoms with E-state index in [1.165, 1.54) is 10.9 Å². The lowest BCUT2D eigenvalue weighted by molar-refractivity contribution is 0.589. The molecule has 0 atom stereocenters. The van der Waals surface area contributed by atoms with Crippen LogP contribution in [0.1, 0.15) is 37.8 Å². The van der Waals surface area contributed by atoms with Gasteiger partial charge in [0.1, 0.15) is 10.8 Å².